The molecule has 0 spiro atoms. The summed E-state index contributed by atoms with van der Waals surface area (Å²) in [4.78, 5) is 29.0. The number of nitrogens with one attached hydrogen (secondary N) is 2. The summed E-state index contributed by atoms with van der Waals surface area (Å²) in [6, 6.07) is 15.0. The van der Waals surface area contributed by atoms with E-state index < -0.39 is 0 Å². The van der Waals surface area contributed by atoms with E-state index in [9.17, 15) is 9.59 Å². The van der Waals surface area contributed by atoms with Crippen LogP contribution in [0.5, 0.6) is 5.75 Å². The Balaban J connectivity index is 1.42. The van der Waals surface area contributed by atoms with Gasteiger partial charge in [0.25, 0.3) is 5.91 Å². The normalized spacial score (nSPS) is 10.7. The highest BCUT2D eigenvalue weighted by atomic mass is 16.5. The van der Waals surface area contributed by atoms with Gasteiger partial charge in [0.05, 0.1) is 29.7 Å². The fourth-order valence-electron chi connectivity index (χ4n) is 3.10. The van der Waals surface area contributed by atoms with E-state index in [0.29, 0.717) is 43.9 Å². The molecule has 0 radical (unpaired) electrons. The number of imidazole rings is 1. The number of fused-ring (bicyclic) bond motifs is 1. The zero-order valence-corrected chi connectivity index (χ0v) is 16.8. The zero-order chi connectivity index (χ0) is 20.6. The molecule has 29 heavy (non-hydrogen) atoms. The smallest absolute Gasteiger partial charge is 0.255 e. The van der Waals surface area contributed by atoms with E-state index in [1.807, 2.05) is 48.9 Å². The lowest BCUT2D eigenvalue weighted by atomic mass is 10.2. The summed E-state index contributed by atoms with van der Waals surface area (Å²) in [7, 11) is 1.94. The molecule has 0 fully saturated rings. The van der Waals surface area contributed by atoms with Gasteiger partial charge in [-0.05, 0) is 37.6 Å². The van der Waals surface area contributed by atoms with Crippen LogP contribution in [0.2, 0.25) is 0 Å². The molecular formula is C22H26N4O3. The summed E-state index contributed by atoms with van der Waals surface area (Å²) < 4.78 is 7.45. The minimum Gasteiger partial charge on any atom is -0.493 e. The Labute approximate surface area is 170 Å². The van der Waals surface area contributed by atoms with Crippen molar-refractivity contribution in [1.82, 2.24) is 20.2 Å². The Bertz CT molecular complexity index is 997. The SMILES string of the molecule is CCOc1ccccc1C(=O)NCCCC(=O)NCc1nc2ccccc2n1C. The molecular weight excluding hydrogens is 368 g/mol. The number of carbonyl (C=O) groups excluding carboxylic acids is 2. The van der Waals surface area contributed by atoms with Crippen molar-refractivity contribution in [1.29, 1.82) is 0 Å². The van der Waals surface area contributed by atoms with Crippen LogP contribution in [0.1, 0.15) is 35.9 Å². The second-order valence-electron chi connectivity index (χ2n) is 6.64. The Morgan fingerprint density at radius 3 is 2.62 bits per heavy atom. The molecule has 152 valence electrons. The molecule has 0 aliphatic heterocycles. The van der Waals surface area contributed by atoms with Gasteiger partial charge in [-0.2, -0.15) is 0 Å². The Kier molecular flexibility index (Phi) is 6.84. The number of hydrogen-bond acceptors (Lipinski definition) is 4. The van der Waals surface area contributed by atoms with Crippen molar-refractivity contribution in [2.45, 2.75) is 26.3 Å². The van der Waals surface area contributed by atoms with Gasteiger partial charge in [-0.1, -0.05) is 24.3 Å². The van der Waals surface area contributed by atoms with Crippen LogP contribution < -0.4 is 15.4 Å². The summed E-state index contributed by atoms with van der Waals surface area (Å²) in [5, 5.41) is 5.73. The van der Waals surface area contributed by atoms with E-state index >= 15 is 0 Å². The molecule has 2 amide bonds. The van der Waals surface area contributed by atoms with Crippen molar-refractivity contribution in [2.75, 3.05) is 13.2 Å². The predicted molar refractivity (Wildman–Crippen MR) is 112 cm³/mol. The number of benzene rings is 2. The maximum absolute atomic E-state index is 12.3. The van der Waals surface area contributed by atoms with Crippen LogP contribution in [0.3, 0.4) is 0 Å². The van der Waals surface area contributed by atoms with E-state index in [-0.39, 0.29) is 11.8 Å². The van der Waals surface area contributed by atoms with E-state index in [1.54, 1.807) is 18.2 Å². The maximum atomic E-state index is 12.3. The number of nitrogens with zero attached hydrogens (tertiary/aromatic N) is 2. The lowest BCUT2D eigenvalue weighted by molar-refractivity contribution is -0.121. The molecule has 0 unspecified atom stereocenters. The minimum atomic E-state index is -0.200. The maximum Gasteiger partial charge on any atom is 0.255 e. The molecule has 0 aliphatic carbocycles. The third-order valence-corrected chi connectivity index (χ3v) is 4.62. The van der Waals surface area contributed by atoms with Crippen molar-refractivity contribution in [3.8, 4) is 5.75 Å². The summed E-state index contributed by atoms with van der Waals surface area (Å²) in [6.45, 7) is 3.16. The highest BCUT2D eigenvalue weighted by Gasteiger charge is 2.12. The van der Waals surface area contributed by atoms with Gasteiger partial charge in [0, 0.05) is 20.0 Å². The lowest BCUT2D eigenvalue weighted by Gasteiger charge is -2.10. The molecule has 7 heteroatoms. The Morgan fingerprint density at radius 1 is 1.07 bits per heavy atom. The van der Waals surface area contributed by atoms with Gasteiger partial charge in [-0.3, -0.25) is 9.59 Å². The highest BCUT2D eigenvalue weighted by molar-refractivity contribution is 5.96. The molecule has 0 saturated heterocycles. The zero-order valence-electron chi connectivity index (χ0n) is 16.8. The van der Waals surface area contributed by atoms with E-state index in [0.717, 1.165) is 16.9 Å². The second kappa shape index (κ2) is 9.73. The topological polar surface area (TPSA) is 85.2 Å². The van der Waals surface area contributed by atoms with Crippen LogP contribution in [-0.4, -0.2) is 34.5 Å². The van der Waals surface area contributed by atoms with Gasteiger partial charge in [0.15, 0.2) is 0 Å². The van der Waals surface area contributed by atoms with Gasteiger partial charge < -0.3 is 19.9 Å². The van der Waals surface area contributed by atoms with Gasteiger partial charge in [0.1, 0.15) is 11.6 Å². The molecule has 0 aliphatic rings. The third kappa shape index (κ3) is 5.13. The molecule has 3 aromatic rings. The van der Waals surface area contributed by atoms with Crippen molar-refractivity contribution >= 4 is 22.8 Å². The third-order valence-electron chi connectivity index (χ3n) is 4.62. The Morgan fingerprint density at radius 2 is 1.83 bits per heavy atom. The molecule has 2 aromatic carbocycles. The number of rotatable bonds is 9. The average Bonchev–Trinajstić information content (AvgIpc) is 3.06. The molecule has 1 aromatic heterocycles. The van der Waals surface area contributed by atoms with Crippen molar-refractivity contribution in [3.63, 3.8) is 0 Å². The monoisotopic (exact) mass is 394 g/mol. The fraction of sp³-hybridized carbons (Fsp3) is 0.318. The molecule has 7 nitrogen and oxygen atoms in total. The van der Waals surface area contributed by atoms with Crippen LogP contribution in [0.4, 0.5) is 0 Å². The summed E-state index contributed by atoms with van der Waals surface area (Å²) in [5.74, 6) is 1.10. The van der Waals surface area contributed by atoms with E-state index in [2.05, 4.69) is 15.6 Å². The molecule has 0 atom stereocenters. The van der Waals surface area contributed by atoms with Crippen LogP contribution in [0, 0.1) is 0 Å². The number of aryl methyl sites for hydroxylation is 1. The molecule has 2 N–H and O–H groups in total. The van der Waals surface area contributed by atoms with Crippen molar-refractivity contribution < 1.29 is 14.3 Å². The summed E-state index contributed by atoms with van der Waals surface area (Å²) >= 11 is 0. The van der Waals surface area contributed by atoms with Crippen LogP contribution in [0.15, 0.2) is 48.5 Å². The van der Waals surface area contributed by atoms with Crippen LogP contribution >= 0.6 is 0 Å². The standard InChI is InChI=1S/C22H26N4O3/c1-3-29-19-12-7-4-9-16(19)22(28)23-14-8-13-21(27)24-15-20-25-17-10-5-6-11-18(17)26(20)2/h4-7,9-12H,3,8,13-15H2,1-2H3,(H,23,28)(H,24,27). The number of hydrogen-bond donors (Lipinski definition) is 2. The molecule has 0 saturated carbocycles. The number of ether oxygens (including phenoxy) is 1. The number of para-hydroxylation sites is 3. The molecule has 3 rings (SSSR count). The second-order valence-corrected chi connectivity index (χ2v) is 6.64. The van der Waals surface area contributed by atoms with Gasteiger partial charge in [-0.25, -0.2) is 4.98 Å². The van der Waals surface area contributed by atoms with Crippen LogP contribution in [-0.2, 0) is 18.4 Å². The fourth-order valence-corrected chi connectivity index (χ4v) is 3.10. The molecule has 0 bridgehead atoms. The van der Waals surface area contributed by atoms with Gasteiger partial charge in [-0.15, -0.1) is 0 Å². The molecule has 1 heterocycles. The average molecular weight is 394 g/mol. The number of aromatic nitrogens is 2. The minimum absolute atomic E-state index is 0.0685. The van der Waals surface area contributed by atoms with Crippen LogP contribution in [0.25, 0.3) is 11.0 Å². The predicted octanol–water partition coefficient (Wildman–Crippen LogP) is 2.80. The van der Waals surface area contributed by atoms with E-state index in [1.165, 1.54) is 0 Å². The first-order chi connectivity index (χ1) is 14.1. The quantitative estimate of drug-likeness (QED) is 0.547. The van der Waals surface area contributed by atoms with Crippen molar-refractivity contribution in [3.05, 3.63) is 59.9 Å². The largest absolute Gasteiger partial charge is 0.493 e. The number of carbonyl (C=O) groups is 2. The Hall–Kier alpha value is -3.35. The lowest BCUT2D eigenvalue weighted by Crippen LogP contribution is -2.28. The van der Waals surface area contributed by atoms with Gasteiger partial charge in [0.2, 0.25) is 5.91 Å². The number of amides is 2. The van der Waals surface area contributed by atoms with Crippen molar-refractivity contribution in [2.24, 2.45) is 7.05 Å². The highest BCUT2D eigenvalue weighted by Crippen LogP contribution is 2.17. The van der Waals surface area contributed by atoms with Gasteiger partial charge >= 0.3 is 0 Å². The first-order valence-corrected chi connectivity index (χ1v) is 9.77. The summed E-state index contributed by atoms with van der Waals surface area (Å²) in [5.41, 5.74) is 2.45. The first kappa shape index (κ1) is 20.4. The van der Waals surface area contributed by atoms with E-state index in [4.69, 9.17) is 4.74 Å². The summed E-state index contributed by atoms with van der Waals surface area (Å²) in [6.07, 6.45) is 0.883. The first-order valence-electron chi connectivity index (χ1n) is 9.77.